The van der Waals surface area contributed by atoms with Gasteiger partial charge in [0.15, 0.2) is 17.4 Å². The van der Waals surface area contributed by atoms with Crippen molar-refractivity contribution in [2.75, 3.05) is 37.2 Å². The van der Waals surface area contributed by atoms with E-state index >= 15 is 0 Å². The van der Waals surface area contributed by atoms with E-state index in [1.807, 2.05) is 39.0 Å². The largest absolute Gasteiger partial charge is 0.318 e. The van der Waals surface area contributed by atoms with Crippen molar-refractivity contribution in [3.05, 3.63) is 83.4 Å². The molecule has 12 nitrogen and oxygen atoms in total. The molecule has 14 heteroatoms. The smallest absolute Gasteiger partial charge is 0.262 e. The van der Waals surface area contributed by atoms with Crippen molar-refractivity contribution in [2.45, 2.75) is 65.0 Å². The summed E-state index contributed by atoms with van der Waals surface area (Å²) in [5, 5.41) is 3.69. The fraction of sp³-hybridized carbons (Fsp3) is 0.351. The number of aryl methyl sites for hydroxylation is 2. The van der Waals surface area contributed by atoms with Crippen molar-refractivity contribution in [3.63, 3.8) is 0 Å². The Labute approximate surface area is 313 Å². The molecule has 4 aromatic rings. The zero-order valence-corrected chi connectivity index (χ0v) is 31.8. The average Bonchev–Trinajstić information content (AvgIpc) is 4.08. The summed E-state index contributed by atoms with van der Waals surface area (Å²) < 4.78 is 0. The quantitative estimate of drug-likeness (QED) is 0.194. The van der Waals surface area contributed by atoms with Crippen LogP contribution in [0, 0.1) is 13.8 Å². The molecule has 2 aliphatic carbocycles. The molecular weight excluding hydrogens is 780 g/mol. The topological polar surface area (TPSA) is 142 Å². The molecule has 2 amide bonds. The first-order valence-corrected chi connectivity index (χ1v) is 19.1. The predicted molar refractivity (Wildman–Crippen MR) is 204 cm³/mol. The van der Waals surface area contributed by atoms with Crippen LogP contribution in [0.3, 0.4) is 0 Å². The van der Waals surface area contributed by atoms with Crippen molar-refractivity contribution in [1.82, 2.24) is 19.9 Å². The van der Waals surface area contributed by atoms with E-state index in [1.54, 1.807) is 47.9 Å². The molecule has 0 aromatic carbocycles. The molecule has 51 heavy (non-hydrogen) atoms. The van der Waals surface area contributed by atoms with Crippen molar-refractivity contribution in [1.29, 1.82) is 0 Å². The van der Waals surface area contributed by atoms with Crippen LogP contribution in [0.25, 0.3) is 0 Å². The van der Waals surface area contributed by atoms with Crippen LogP contribution < -0.4 is 20.0 Å². The summed E-state index contributed by atoms with van der Waals surface area (Å²) in [5.41, 5.74) is 4.54. The number of hydrogen-bond acceptors (Lipinski definition) is 10. The zero-order valence-electron chi connectivity index (χ0n) is 28.6. The van der Waals surface area contributed by atoms with Crippen LogP contribution in [0.5, 0.6) is 0 Å². The first kappa shape index (κ1) is 36.2. The number of carbonyl (C=O) groups excluding carboxylic acids is 4. The molecule has 0 bridgehead atoms. The van der Waals surface area contributed by atoms with Crippen molar-refractivity contribution < 1.29 is 19.2 Å². The number of ketones is 2. The highest BCUT2D eigenvalue weighted by atomic mass is 79.9. The Bertz CT molecular complexity index is 1980. The van der Waals surface area contributed by atoms with Gasteiger partial charge in [0.25, 0.3) is 11.8 Å². The number of amides is 2. The van der Waals surface area contributed by atoms with E-state index in [0.717, 1.165) is 48.3 Å². The van der Waals surface area contributed by atoms with Crippen LogP contribution in [0.1, 0.15) is 70.9 Å². The molecule has 0 unspecified atom stereocenters. The van der Waals surface area contributed by atoms with Crippen LogP contribution in [0.2, 0.25) is 0 Å². The molecule has 1 N–H and O–H groups in total. The Morgan fingerprint density at radius 1 is 0.725 bits per heavy atom. The summed E-state index contributed by atoms with van der Waals surface area (Å²) in [6.45, 7) is 5.78. The molecule has 6 heterocycles. The Morgan fingerprint density at radius 3 is 1.82 bits per heavy atom. The lowest BCUT2D eigenvalue weighted by Gasteiger charge is -2.26. The van der Waals surface area contributed by atoms with Crippen LogP contribution in [-0.2, 0) is 9.59 Å². The van der Waals surface area contributed by atoms with Crippen molar-refractivity contribution in [3.8, 4) is 0 Å². The van der Waals surface area contributed by atoms with E-state index < -0.39 is 0 Å². The normalized spacial score (nSPS) is 15.7. The summed E-state index contributed by atoms with van der Waals surface area (Å²) in [6.07, 6.45) is 11.9. The Balaban J connectivity index is 0.000000154. The van der Waals surface area contributed by atoms with Gasteiger partial charge in [-0.25, -0.2) is 19.9 Å². The molecule has 264 valence electrons. The van der Waals surface area contributed by atoms with Gasteiger partial charge in [0.2, 0.25) is 0 Å². The lowest BCUT2D eigenvalue weighted by molar-refractivity contribution is -0.116. The number of carbonyl (C=O) groups is 4. The number of aromatic nitrogens is 4. The molecule has 0 radical (unpaired) electrons. The van der Waals surface area contributed by atoms with E-state index in [4.69, 9.17) is 0 Å². The molecule has 4 aromatic heterocycles. The standard InChI is InChI=1S/C18H17BrN4O2.C15H14N4O.C4H7BrO/c1-11-6-8-21-17-15(11)22(10-13(24)9-19)18(25)14-3-2-7-20-16(14)23(17)12-4-5-12;1-9-6-8-17-14-12(9)18-15(20)11-3-2-7-16-13(11)19(14)10-4-5-10;1-2-4(6)3-5/h2-3,6-8,12H,4-5,9-10H2,1H3;2-3,6-8,10H,4-5H2,1H3,(H,18,20);2-3H2,1H3. The molecule has 8 rings (SSSR count). The van der Waals surface area contributed by atoms with Crippen LogP contribution in [0.4, 0.5) is 34.6 Å². The molecular formula is C37H38Br2N8O4. The third-order valence-electron chi connectivity index (χ3n) is 8.81. The number of fused-ring (bicyclic) bond motifs is 4. The van der Waals surface area contributed by atoms with E-state index in [1.165, 1.54) is 0 Å². The van der Waals surface area contributed by atoms with Gasteiger partial charge in [-0.05, 0) is 87.1 Å². The Morgan fingerprint density at radius 2 is 1.25 bits per heavy atom. The fourth-order valence-electron chi connectivity index (χ4n) is 5.90. The first-order chi connectivity index (χ1) is 24.7. The zero-order chi connectivity index (χ0) is 36.2. The lowest BCUT2D eigenvalue weighted by Crippen LogP contribution is -2.36. The molecule has 0 spiro atoms. The number of Topliss-reactive ketones (excluding diaryl/α,β-unsaturated/α-hetero) is 2. The van der Waals surface area contributed by atoms with Gasteiger partial charge in [0, 0.05) is 43.3 Å². The van der Waals surface area contributed by atoms with Gasteiger partial charge in [0.1, 0.15) is 17.4 Å². The number of rotatable bonds is 7. The third-order valence-corrected chi connectivity index (χ3v) is 10.1. The second kappa shape index (κ2) is 15.8. The van der Waals surface area contributed by atoms with Gasteiger partial charge in [0.05, 0.1) is 39.7 Å². The summed E-state index contributed by atoms with van der Waals surface area (Å²) in [4.78, 5) is 71.6. The minimum absolute atomic E-state index is 0.0104. The highest BCUT2D eigenvalue weighted by Gasteiger charge is 2.41. The highest BCUT2D eigenvalue weighted by molar-refractivity contribution is 9.09. The molecule has 0 atom stereocenters. The number of anilines is 6. The van der Waals surface area contributed by atoms with Crippen molar-refractivity contribution in [2.24, 2.45) is 0 Å². The van der Waals surface area contributed by atoms with Gasteiger partial charge in [-0.15, -0.1) is 0 Å². The van der Waals surface area contributed by atoms with E-state index in [2.05, 4.69) is 66.9 Å². The van der Waals surface area contributed by atoms with Gasteiger partial charge in [-0.1, -0.05) is 38.8 Å². The average molecular weight is 819 g/mol. The lowest BCUT2D eigenvalue weighted by atomic mass is 10.2. The fourth-order valence-corrected chi connectivity index (χ4v) is 6.47. The van der Waals surface area contributed by atoms with Crippen molar-refractivity contribution >= 4 is 89.9 Å². The van der Waals surface area contributed by atoms with Gasteiger partial charge in [-0.3, -0.25) is 24.1 Å². The van der Waals surface area contributed by atoms with Gasteiger partial charge >= 0.3 is 0 Å². The number of pyridine rings is 4. The summed E-state index contributed by atoms with van der Waals surface area (Å²) in [6, 6.07) is 11.6. The second-order valence-electron chi connectivity index (χ2n) is 12.6. The van der Waals surface area contributed by atoms with Gasteiger partial charge in [-0.2, -0.15) is 0 Å². The maximum Gasteiger partial charge on any atom is 0.262 e. The highest BCUT2D eigenvalue weighted by Crippen LogP contribution is 2.46. The van der Waals surface area contributed by atoms with Crippen LogP contribution >= 0.6 is 31.9 Å². The minimum Gasteiger partial charge on any atom is -0.318 e. The van der Waals surface area contributed by atoms with E-state index in [9.17, 15) is 19.2 Å². The van der Waals surface area contributed by atoms with Crippen LogP contribution in [-0.4, -0.2) is 72.6 Å². The SMILES string of the molecule is CCC(=O)CBr.Cc1ccnc2c1N(CC(=O)CBr)C(=O)c1cccnc1N2C1CC1.Cc1ccnc2c1NC(=O)c1cccnc1N2C1CC1. The summed E-state index contributed by atoms with van der Waals surface area (Å²) >= 11 is 6.22. The molecule has 2 saturated carbocycles. The number of hydrogen-bond donors (Lipinski definition) is 1. The Kier molecular flexibility index (Phi) is 11.2. The number of nitrogens with one attached hydrogen (secondary N) is 1. The second-order valence-corrected chi connectivity index (χ2v) is 13.7. The molecule has 0 saturated heterocycles. The summed E-state index contributed by atoms with van der Waals surface area (Å²) in [7, 11) is 0. The first-order valence-electron chi connectivity index (χ1n) is 16.9. The third kappa shape index (κ3) is 7.71. The van der Waals surface area contributed by atoms with E-state index in [0.29, 0.717) is 58.1 Å². The van der Waals surface area contributed by atoms with E-state index in [-0.39, 0.29) is 35.3 Å². The molecule has 2 fully saturated rings. The molecule has 4 aliphatic rings. The number of halogens is 2. The minimum atomic E-state index is -0.210. The van der Waals surface area contributed by atoms with Crippen LogP contribution in [0.15, 0.2) is 61.2 Å². The maximum absolute atomic E-state index is 13.3. The predicted octanol–water partition coefficient (Wildman–Crippen LogP) is 7.02. The summed E-state index contributed by atoms with van der Waals surface area (Å²) in [5.74, 6) is 2.72. The number of nitrogens with zero attached hydrogens (tertiary/aromatic N) is 7. The van der Waals surface area contributed by atoms with Gasteiger partial charge < -0.3 is 15.1 Å². The number of alkyl halides is 2. The maximum atomic E-state index is 13.3. The monoisotopic (exact) mass is 816 g/mol. The Hall–Kier alpha value is -4.56. The molecule has 2 aliphatic heterocycles.